The lowest BCUT2D eigenvalue weighted by Gasteiger charge is -2.42. The predicted octanol–water partition coefficient (Wildman–Crippen LogP) is 3.32. The van der Waals surface area contributed by atoms with Crippen molar-refractivity contribution in [3.8, 4) is 0 Å². The van der Waals surface area contributed by atoms with Crippen molar-refractivity contribution < 1.29 is 14.3 Å². The zero-order valence-electron chi connectivity index (χ0n) is 11.1. The maximum absolute atomic E-state index is 12.4. The van der Waals surface area contributed by atoms with Crippen molar-refractivity contribution in [2.45, 2.75) is 31.5 Å². The van der Waals surface area contributed by atoms with Gasteiger partial charge in [-0.15, -0.1) is 0 Å². The molecule has 6 heteroatoms. The van der Waals surface area contributed by atoms with Gasteiger partial charge in [0.05, 0.1) is 12.2 Å². The molecular formula is C14H15ClINO3. The zero-order valence-corrected chi connectivity index (χ0v) is 14.0. The van der Waals surface area contributed by atoms with E-state index in [1.54, 1.807) is 12.3 Å². The maximum atomic E-state index is 12.4. The second kappa shape index (κ2) is 5.10. The Kier molecular flexibility index (Phi) is 3.71. The number of nitrogens with zero attached hydrogens (tertiary/aromatic N) is 1. The predicted molar refractivity (Wildman–Crippen MR) is 83.0 cm³/mol. The standard InChI is InChI=1S/C14H15ClINO3/c1-2-19-12(18)14-6-13(7-14,8-16)20-11(14)9-3-4-10(15)17-5-9/h3-5,11H,2,6-8H2,1H3. The summed E-state index contributed by atoms with van der Waals surface area (Å²) in [6.45, 7) is 2.22. The lowest BCUT2D eigenvalue weighted by molar-refractivity contribution is -0.161. The molecule has 4 nitrogen and oxygen atoms in total. The van der Waals surface area contributed by atoms with E-state index in [9.17, 15) is 4.79 Å². The first kappa shape index (κ1) is 14.5. The van der Waals surface area contributed by atoms with Gasteiger partial charge in [0.25, 0.3) is 0 Å². The summed E-state index contributed by atoms with van der Waals surface area (Å²) in [6.07, 6.45) is 2.88. The van der Waals surface area contributed by atoms with Gasteiger partial charge < -0.3 is 9.47 Å². The average Bonchev–Trinajstić information content (AvgIpc) is 2.91. The van der Waals surface area contributed by atoms with Gasteiger partial charge in [-0.2, -0.15) is 0 Å². The minimum Gasteiger partial charge on any atom is -0.465 e. The minimum atomic E-state index is -0.545. The molecule has 1 saturated carbocycles. The number of esters is 1. The molecule has 3 heterocycles. The van der Waals surface area contributed by atoms with E-state index in [0.717, 1.165) is 22.8 Å². The molecule has 0 amide bonds. The molecule has 1 aromatic heterocycles. The highest BCUT2D eigenvalue weighted by molar-refractivity contribution is 14.1. The number of aromatic nitrogens is 1. The molecule has 1 atom stereocenters. The van der Waals surface area contributed by atoms with Crippen LogP contribution in [0.3, 0.4) is 0 Å². The Balaban J connectivity index is 1.93. The number of rotatable bonds is 4. The molecule has 3 fully saturated rings. The lowest BCUT2D eigenvalue weighted by atomic mass is 9.60. The van der Waals surface area contributed by atoms with Crippen molar-refractivity contribution in [1.29, 1.82) is 0 Å². The second-order valence-corrected chi connectivity index (χ2v) is 6.61. The van der Waals surface area contributed by atoms with Crippen LogP contribution in [0.4, 0.5) is 0 Å². The van der Waals surface area contributed by atoms with Gasteiger partial charge in [0.2, 0.25) is 0 Å². The Labute approximate surface area is 136 Å². The van der Waals surface area contributed by atoms with Crippen molar-refractivity contribution in [3.05, 3.63) is 29.0 Å². The maximum Gasteiger partial charge on any atom is 0.315 e. The molecule has 2 bridgehead atoms. The number of ether oxygens (including phenoxy) is 2. The van der Waals surface area contributed by atoms with Crippen LogP contribution in [0.1, 0.15) is 31.4 Å². The Morgan fingerprint density at radius 2 is 2.35 bits per heavy atom. The van der Waals surface area contributed by atoms with Crippen LogP contribution in [-0.2, 0) is 14.3 Å². The molecule has 0 aromatic carbocycles. The van der Waals surface area contributed by atoms with E-state index in [2.05, 4.69) is 27.6 Å². The van der Waals surface area contributed by atoms with Gasteiger partial charge >= 0.3 is 5.97 Å². The van der Waals surface area contributed by atoms with Crippen LogP contribution in [-0.4, -0.2) is 27.6 Å². The second-order valence-electron chi connectivity index (χ2n) is 5.46. The highest BCUT2D eigenvalue weighted by Gasteiger charge is 2.72. The first-order valence-electron chi connectivity index (χ1n) is 6.58. The number of fused-ring (bicyclic) bond motifs is 1. The van der Waals surface area contributed by atoms with E-state index >= 15 is 0 Å². The number of carbonyl (C=O) groups is 1. The highest BCUT2D eigenvalue weighted by Crippen LogP contribution is 2.68. The third kappa shape index (κ3) is 2.05. The number of hydrogen-bond donors (Lipinski definition) is 0. The summed E-state index contributed by atoms with van der Waals surface area (Å²) in [5, 5.41) is 0.438. The normalized spacial score (nSPS) is 34.6. The van der Waals surface area contributed by atoms with Crippen LogP contribution in [0, 0.1) is 5.41 Å². The molecule has 0 radical (unpaired) electrons. The van der Waals surface area contributed by atoms with Gasteiger partial charge in [-0.1, -0.05) is 40.3 Å². The molecular weight excluding hydrogens is 393 g/mol. The smallest absolute Gasteiger partial charge is 0.315 e. The number of halogens is 2. The summed E-state index contributed by atoms with van der Waals surface area (Å²) in [4.78, 5) is 16.5. The molecule has 1 aromatic rings. The van der Waals surface area contributed by atoms with Crippen LogP contribution in [0.25, 0.3) is 0 Å². The van der Waals surface area contributed by atoms with E-state index in [1.165, 1.54) is 0 Å². The molecule has 108 valence electrons. The summed E-state index contributed by atoms with van der Waals surface area (Å²) in [7, 11) is 0. The van der Waals surface area contributed by atoms with Crippen LogP contribution in [0.5, 0.6) is 0 Å². The topological polar surface area (TPSA) is 48.4 Å². The summed E-state index contributed by atoms with van der Waals surface area (Å²) in [6, 6.07) is 3.61. The fraction of sp³-hybridized carbons (Fsp3) is 0.571. The largest absolute Gasteiger partial charge is 0.465 e. The van der Waals surface area contributed by atoms with Gasteiger partial charge in [0, 0.05) is 16.2 Å². The lowest BCUT2D eigenvalue weighted by Crippen LogP contribution is -2.50. The summed E-state index contributed by atoms with van der Waals surface area (Å²) >= 11 is 8.14. The van der Waals surface area contributed by atoms with Crippen LogP contribution in [0.15, 0.2) is 18.3 Å². The van der Waals surface area contributed by atoms with Gasteiger partial charge in [-0.05, 0) is 25.8 Å². The third-order valence-corrected chi connectivity index (χ3v) is 5.74. The van der Waals surface area contributed by atoms with Crippen LogP contribution in [0.2, 0.25) is 5.15 Å². The fourth-order valence-corrected chi connectivity index (χ4v) is 4.14. The Morgan fingerprint density at radius 3 is 2.90 bits per heavy atom. The Morgan fingerprint density at radius 1 is 1.60 bits per heavy atom. The monoisotopic (exact) mass is 407 g/mol. The Bertz CT molecular complexity index is 528. The van der Waals surface area contributed by atoms with Crippen molar-refractivity contribution in [3.63, 3.8) is 0 Å². The molecule has 2 aliphatic heterocycles. The molecule has 1 unspecified atom stereocenters. The zero-order chi connectivity index (χ0) is 14.4. The van der Waals surface area contributed by atoms with Crippen LogP contribution >= 0.6 is 34.2 Å². The fourth-order valence-electron chi connectivity index (χ4n) is 3.31. The van der Waals surface area contributed by atoms with Crippen molar-refractivity contribution in [2.24, 2.45) is 5.41 Å². The summed E-state index contributed by atoms with van der Waals surface area (Å²) in [5.41, 5.74) is 0.167. The molecule has 3 aliphatic rings. The average molecular weight is 408 g/mol. The summed E-state index contributed by atoms with van der Waals surface area (Å²) in [5.74, 6) is -0.155. The van der Waals surface area contributed by atoms with E-state index in [4.69, 9.17) is 21.1 Å². The van der Waals surface area contributed by atoms with Crippen molar-refractivity contribution in [1.82, 2.24) is 4.98 Å². The number of pyridine rings is 1. The third-order valence-electron chi connectivity index (χ3n) is 4.12. The van der Waals surface area contributed by atoms with E-state index < -0.39 is 5.41 Å². The molecule has 0 spiro atoms. The molecule has 4 rings (SSSR count). The Hall–Kier alpha value is -0.400. The van der Waals surface area contributed by atoms with Crippen LogP contribution < -0.4 is 0 Å². The van der Waals surface area contributed by atoms with Crippen molar-refractivity contribution >= 4 is 40.2 Å². The van der Waals surface area contributed by atoms with E-state index in [-0.39, 0.29) is 17.7 Å². The SMILES string of the molecule is CCOC(=O)C12CC(CI)(C1)OC2c1ccc(Cl)nc1. The first-order valence-corrected chi connectivity index (χ1v) is 8.48. The minimum absolute atomic E-state index is 0.155. The van der Waals surface area contributed by atoms with Gasteiger partial charge in [0.15, 0.2) is 0 Å². The molecule has 1 aliphatic carbocycles. The number of alkyl halides is 1. The number of carbonyl (C=O) groups excluding carboxylic acids is 1. The highest BCUT2D eigenvalue weighted by atomic mass is 127. The molecule has 2 saturated heterocycles. The van der Waals surface area contributed by atoms with Gasteiger partial charge in [-0.3, -0.25) is 4.79 Å². The quantitative estimate of drug-likeness (QED) is 0.332. The van der Waals surface area contributed by atoms with Gasteiger partial charge in [0.1, 0.15) is 16.7 Å². The first-order chi connectivity index (χ1) is 9.55. The number of hydrogen-bond acceptors (Lipinski definition) is 4. The van der Waals surface area contributed by atoms with Crippen molar-refractivity contribution in [2.75, 3.05) is 11.0 Å². The summed E-state index contributed by atoms with van der Waals surface area (Å²) < 4.78 is 12.3. The molecule has 20 heavy (non-hydrogen) atoms. The van der Waals surface area contributed by atoms with E-state index in [1.807, 2.05) is 13.0 Å². The van der Waals surface area contributed by atoms with Gasteiger partial charge in [-0.25, -0.2) is 4.98 Å². The van der Waals surface area contributed by atoms with E-state index in [0.29, 0.717) is 11.8 Å². The molecule has 0 N–H and O–H groups in total.